The van der Waals surface area contributed by atoms with Gasteiger partial charge in [0.2, 0.25) is 5.88 Å². The van der Waals surface area contributed by atoms with Crippen LogP contribution >= 0.6 is 0 Å². The van der Waals surface area contributed by atoms with Crippen molar-refractivity contribution in [1.29, 1.82) is 0 Å². The van der Waals surface area contributed by atoms with Gasteiger partial charge in [-0.2, -0.15) is 0 Å². The number of aryl methyl sites for hydroxylation is 1. The van der Waals surface area contributed by atoms with Crippen molar-refractivity contribution in [1.82, 2.24) is 4.98 Å². The molecule has 82 valence electrons. The molecule has 0 aliphatic rings. The number of aromatic nitrogens is 1. The molecule has 4 nitrogen and oxygen atoms in total. The first-order chi connectivity index (χ1) is 7.65. The van der Waals surface area contributed by atoms with Gasteiger partial charge >= 0.3 is 5.97 Å². The van der Waals surface area contributed by atoms with Crippen LogP contribution in [0.1, 0.15) is 15.9 Å². The number of carboxylic acid groups (broad SMARTS) is 1. The number of hydrogen-bond donors (Lipinski definition) is 1. The summed E-state index contributed by atoms with van der Waals surface area (Å²) in [5, 5.41) is 10.5. The Morgan fingerprint density at radius 1 is 1.44 bits per heavy atom. The van der Waals surface area contributed by atoms with Gasteiger partial charge in [0, 0.05) is 17.0 Å². The highest BCUT2D eigenvalue weighted by Gasteiger charge is 2.14. The van der Waals surface area contributed by atoms with Gasteiger partial charge in [-0.25, -0.2) is 9.78 Å². The molecule has 0 bridgehead atoms. The molecule has 1 N–H and O–H groups in total. The fraction of sp³-hybridized carbons (Fsp3) is 0.167. The number of hydrogen-bond acceptors (Lipinski definition) is 3. The van der Waals surface area contributed by atoms with Crippen molar-refractivity contribution in [2.24, 2.45) is 0 Å². The maximum absolute atomic E-state index is 11.1. The second-order valence-corrected chi connectivity index (χ2v) is 3.48. The third-order valence-electron chi connectivity index (χ3n) is 2.51. The van der Waals surface area contributed by atoms with Crippen LogP contribution in [0.2, 0.25) is 0 Å². The molecule has 1 heterocycles. The van der Waals surface area contributed by atoms with Crippen LogP contribution < -0.4 is 4.74 Å². The number of pyridine rings is 1. The third-order valence-corrected chi connectivity index (χ3v) is 2.51. The first-order valence-electron chi connectivity index (χ1n) is 4.80. The number of fused-ring (bicyclic) bond motifs is 1. The molecule has 0 fully saturated rings. The topological polar surface area (TPSA) is 59.4 Å². The predicted octanol–water partition coefficient (Wildman–Crippen LogP) is 2.25. The average Bonchev–Trinajstić information content (AvgIpc) is 2.28. The molecule has 2 aromatic rings. The number of methoxy groups -OCH3 is 1. The lowest BCUT2D eigenvalue weighted by atomic mass is 10.0. The van der Waals surface area contributed by atoms with Crippen molar-refractivity contribution in [3.63, 3.8) is 0 Å². The summed E-state index contributed by atoms with van der Waals surface area (Å²) >= 11 is 0. The summed E-state index contributed by atoms with van der Waals surface area (Å²) in [4.78, 5) is 15.1. The summed E-state index contributed by atoms with van der Waals surface area (Å²) in [5.41, 5.74) is 1.10. The SMILES string of the molecule is COc1ncc(C(=O)O)c2c(C)cccc12. The van der Waals surface area contributed by atoms with Crippen LogP contribution in [0.5, 0.6) is 5.88 Å². The van der Waals surface area contributed by atoms with Crippen LogP contribution in [0, 0.1) is 6.92 Å². The van der Waals surface area contributed by atoms with E-state index in [9.17, 15) is 4.79 Å². The second-order valence-electron chi connectivity index (χ2n) is 3.48. The number of aromatic carboxylic acids is 1. The normalized spacial score (nSPS) is 10.4. The zero-order valence-corrected chi connectivity index (χ0v) is 9.02. The Kier molecular flexibility index (Phi) is 2.48. The molecule has 1 aromatic heterocycles. The van der Waals surface area contributed by atoms with Gasteiger partial charge in [0.1, 0.15) is 0 Å². The van der Waals surface area contributed by atoms with E-state index in [-0.39, 0.29) is 5.56 Å². The minimum Gasteiger partial charge on any atom is -0.481 e. The zero-order chi connectivity index (χ0) is 11.7. The van der Waals surface area contributed by atoms with E-state index < -0.39 is 5.97 Å². The summed E-state index contributed by atoms with van der Waals surface area (Å²) in [6.07, 6.45) is 1.33. The number of nitrogens with zero attached hydrogens (tertiary/aromatic N) is 1. The molecule has 0 spiro atoms. The van der Waals surface area contributed by atoms with E-state index >= 15 is 0 Å². The Labute approximate surface area is 92.5 Å². The molecule has 16 heavy (non-hydrogen) atoms. The molecule has 0 amide bonds. The van der Waals surface area contributed by atoms with Gasteiger partial charge in [0.25, 0.3) is 0 Å². The highest BCUT2D eigenvalue weighted by atomic mass is 16.5. The Hall–Kier alpha value is -2.10. The average molecular weight is 217 g/mol. The first kappa shape index (κ1) is 10.4. The highest BCUT2D eigenvalue weighted by Crippen LogP contribution is 2.28. The number of rotatable bonds is 2. The number of carboxylic acids is 1. The largest absolute Gasteiger partial charge is 0.481 e. The van der Waals surface area contributed by atoms with Crippen molar-refractivity contribution in [2.75, 3.05) is 7.11 Å². The molecule has 2 rings (SSSR count). The number of carbonyl (C=O) groups is 1. The summed E-state index contributed by atoms with van der Waals surface area (Å²) in [6, 6.07) is 5.53. The Morgan fingerprint density at radius 2 is 2.19 bits per heavy atom. The van der Waals surface area contributed by atoms with Crippen molar-refractivity contribution in [2.45, 2.75) is 6.92 Å². The minimum absolute atomic E-state index is 0.203. The van der Waals surface area contributed by atoms with Gasteiger partial charge in [-0.3, -0.25) is 0 Å². The van der Waals surface area contributed by atoms with Crippen LogP contribution in [0.4, 0.5) is 0 Å². The summed E-state index contributed by atoms with van der Waals surface area (Å²) < 4.78 is 5.11. The van der Waals surface area contributed by atoms with Crippen LogP contribution in [-0.4, -0.2) is 23.2 Å². The molecule has 1 aromatic carbocycles. The minimum atomic E-state index is -0.977. The smallest absolute Gasteiger partial charge is 0.337 e. The number of benzene rings is 1. The molecule has 4 heteroatoms. The predicted molar refractivity (Wildman–Crippen MR) is 60.0 cm³/mol. The standard InChI is InChI=1S/C12H11NO3/c1-7-4-3-5-8-10(7)9(12(14)15)6-13-11(8)16-2/h3-6H,1-2H3,(H,14,15). The maximum Gasteiger partial charge on any atom is 0.337 e. The molecule has 0 aliphatic heterocycles. The van der Waals surface area contributed by atoms with Gasteiger partial charge in [0.05, 0.1) is 12.7 Å². The van der Waals surface area contributed by atoms with Crippen LogP contribution in [0.25, 0.3) is 10.8 Å². The molecule has 0 radical (unpaired) electrons. The van der Waals surface area contributed by atoms with Gasteiger partial charge in [-0.15, -0.1) is 0 Å². The van der Waals surface area contributed by atoms with E-state index in [1.165, 1.54) is 13.3 Å². The van der Waals surface area contributed by atoms with Gasteiger partial charge < -0.3 is 9.84 Å². The summed E-state index contributed by atoms with van der Waals surface area (Å²) in [5.74, 6) is -0.529. The number of ether oxygens (including phenoxy) is 1. The lowest BCUT2D eigenvalue weighted by Crippen LogP contribution is -2.01. The van der Waals surface area contributed by atoms with Crippen LogP contribution in [0.15, 0.2) is 24.4 Å². The van der Waals surface area contributed by atoms with E-state index in [0.29, 0.717) is 11.3 Å². The fourth-order valence-corrected chi connectivity index (χ4v) is 1.79. The highest BCUT2D eigenvalue weighted by molar-refractivity contribution is 6.06. The quantitative estimate of drug-likeness (QED) is 0.838. The second kappa shape index (κ2) is 3.81. The molecular formula is C12H11NO3. The lowest BCUT2D eigenvalue weighted by Gasteiger charge is -2.08. The molecule has 0 atom stereocenters. The summed E-state index contributed by atoms with van der Waals surface area (Å²) in [6.45, 7) is 1.87. The third kappa shape index (κ3) is 1.48. The molecule has 0 saturated carbocycles. The molecular weight excluding hydrogens is 206 g/mol. The van der Waals surface area contributed by atoms with Gasteiger partial charge in [-0.1, -0.05) is 12.1 Å². The van der Waals surface area contributed by atoms with E-state index in [4.69, 9.17) is 9.84 Å². The van der Waals surface area contributed by atoms with Gasteiger partial charge in [-0.05, 0) is 18.6 Å². The van der Waals surface area contributed by atoms with Crippen molar-refractivity contribution >= 4 is 16.7 Å². The van der Waals surface area contributed by atoms with Crippen molar-refractivity contribution in [3.8, 4) is 5.88 Å². The molecule has 0 aliphatic carbocycles. The summed E-state index contributed by atoms with van der Waals surface area (Å²) in [7, 11) is 1.52. The Bertz CT molecular complexity index is 563. The van der Waals surface area contributed by atoms with Crippen LogP contribution in [0.3, 0.4) is 0 Å². The van der Waals surface area contributed by atoms with Crippen molar-refractivity contribution in [3.05, 3.63) is 35.5 Å². The van der Waals surface area contributed by atoms with E-state index in [1.807, 2.05) is 19.1 Å². The monoisotopic (exact) mass is 217 g/mol. The van der Waals surface area contributed by atoms with E-state index in [2.05, 4.69) is 4.98 Å². The fourth-order valence-electron chi connectivity index (χ4n) is 1.79. The first-order valence-corrected chi connectivity index (χ1v) is 4.80. The van der Waals surface area contributed by atoms with Crippen molar-refractivity contribution < 1.29 is 14.6 Å². The zero-order valence-electron chi connectivity index (χ0n) is 9.02. The molecule has 0 saturated heterocycles. The molecule has 0 unspecified atom stereocenters. The van der Waals surface area contributed by atoms with E-state index in [0.717, 1.165) is 10.9 Å². The lowest BCUT2D eigenvalue weighted by molar-refractivity contribution is 0.0698. The maximum atomic E-state index is 11.1. The van der Waals surface area contributed by atoms with Crippen LogP contribution in [-0.2, 0) is 0 Å². The Morgan fingerprint density at radius 3 is 2.81 bits per heavy atom. The van der Waals surface area contributed by atoms with Gasteiger partial charge in [0.15, 0.2) is 0 Å². The Balaban J connectivity index is 2.92. The van der Waals surface area contributed by atoms with E-state index in [1.54, 1.807) is 6.07 Å².